The van der Waals surface area contributed by atoms with Gasteiger partial charge in [-0.15, -0.1) is 0 Å². The van der Waals surface area contributed by atoms with Crippen molar-refractivity contribution in [3.8, 4) is 5.75 Å². The lowest BCUT2D eigenvalue weighted by Crippen LogP contribution is -2.19. The van der Waals surface area contributed by atoms with Gasteiger partial charge in [0.05, 0.1) is 22.5 Å². The molecule has 0 atom stereocenters. The van der Waals surface area contributed by atoms with Gasteiger partial charge in [0.25, 0.3) is 0 Å². The fraction of sp³-hybridized carbons (Fsp3) is 0.0556. The van der Waals surface area contributed by atoms with Crippen LogP contribution in [0.5, 0.6) is 5.75 Å². The molecule has 0 saturated heterocycles. The van der Waals surface area contributed by atoms with Crippen molar-refractivity contribution in [3.63, 3.8) is 0 Å². The summed E-state index contributed by atoms with van der Waals surface area (Å²) in [6.07, 6.45) is 1.41. The number of thioether (sulfide) groups is 1. The van der Waals surface area contributed by atoms with Crippen LogP contribution in [0.2, 0.25) is 0 Å². The molecule has 1 aromatic heterocycles. The summed E-state index contributed by atoms with van der Waals surface area (Å²) >= 11 is 1.35. The van der Waals surface area contributed by atoms with E-state index in [1.807, 2.05) is 36.4 Å². The molecule has 0 fully saturated rings. The van der Waals surface area contributed by atoms with Gasteiger partial charge in [-0.05, 0) is 24.3 Å². The molecule has 120 valence electrons. The molecule has 3 aromatic rings. The van der Waals surface area contributed by atoms with Crippen LogP contribution in [0.15, 0.2) is 70.8 Å². The number of carbonyl (C=O) groups is 1. The summed E-state index contributed by atoms with van der Waals surface area (Å²) in [6, 6.07) is 18.5. The molecule has 0 radical (unpaired) electrons. The number of pyridine rings is 1. The van der Waals surface area contributed by atoms with E-state index in [9.17, 15) is 9.90 Å². The number of phenolic OH excluding ortho intramolecular Hbond substituents is 1. The van der Waals surface area contributed by atoms with Crippen LogP contribution in [0.25, 0.3) is 10.9 Å². The second kappa shape index (κ2) is 7.61. The predicted molar refractivity (Wildman–Crippen MR) is 96.3 cm³/mol. The number of aromatic nitrogens is 1. The standard InChI is InChI=1S/C18H15N3O2S/c22-16-8-4-2-6-14(16)11-19-21-17(23)12-24-18-10-9-13-5-1-3-7-15(13)20-18/h1-11,22H,12H2,(H,21,23)/b19-11-. The highest BCUT2D eigenvalue weighted by molar-refractivity contribution is 7.99. The number of benzene rings is 2. The molecular formula is C18H15N3O2S. The maximum Gasteiger partial charge on any atom is 0.250 e. The van der Waals surface area contributed by atoms with Gasteiger partial charge in [-0.25, -0.2) is 10.4 Å². The van der Waals surface area contributed by atoms with Crippen LogP contribution < -0.4 is 5.43 Å². The van der Waals surface area contributed by atoms with Gasteiger partial charge in [0.1, 0.15) is 5.75 Å². The average Bonchev–Trinajstić information content (AvgIpc) is 2.61. The lowest BCUT2D eigenvalue weighted by molar-refractivity contribution is -0.118. The number of para-hydroxylation sites is 2. The van der Waals surface area contributed by atoms with Crippen LogP contribution >= 0.6 is 11.8 Å². The zero-order chi connectivity index (χ0) is 16.8. The van der Waals surface area contributed by atoms with Crippen molar-refractivity contribution in [2.75, 3.05) is 5.75 Å². The quantitative estimate of drug-likeness (QED) is 0.426. The van der Waals surface area contributed by atoms with E-state index in [-0.39, 0.29) is 17.4 Å². The number of amides is 1. The van der Waals surface area contributed by atoms with Crippen LogP contribution in [-0.4, -0.2) is 28.0 Å². The number of phenols is 1. The molecule has 2 aromatic carbocycles. The fourth-order valence-corrected chi connectivity index (χ4v) is 2.74. The van der Waals surface area contributed by atoms with Crippen LogP contribution in [-0.2, 0) is 4.79 Å². The molecule has 24 heavy (non-hydrogen) atoms. The molecule has 0 aliphatic heterocycles. The summed E-state index contributed by atoms with van der Waals surface area (Å²) in [5.41, 5.74) is 3.88. The van der Waals surface area contributed by atoms with E-state index in [0.29, 0.717) is 5.56 Å². The topological polar surface area (TPSA) is 74.6 Å². The molecular weight excluding hydrogens is 322 g/mol. The SMILES string of the molecule is O=C(CSc1ccc2ccccc2n1)N/N=C\c1ccccc1O. The Morgan fingerprint density at radius 3 is 2.79 bits per heavy atom. The smallest absolute Gasteiger partial charge is 0.250 e. The van der Waals surface area contributed by atoms with Crippen molar-refractivity contribution in [3.05, 3.63) is 66.2 Å². The molecule has 1 amide bonds. The van der Waals surface area contributed by atoms with Crippen LogP contribution in [0, 0.1) is 0 Å². The lowest BCUT2D eigenvalue weighted by atomic mass is 10.2. The maximum atomic E-state index is 11.8. The van der Waals surface area contributed by atoms with Crippen LogP contribution in [0.3, 0.4) is 0 Å². The third kappa shape index (κ3) is 4.11. The van der Waals surface area contributed by atoms with Gasteiger partial charge < -0.3 is 5.11 Å². The summed E-state index contributed by atoms with van der Waals surface area (Å²) in [4.78, 5) is 16.3. The largest absolute Gasteiger partial charge is 0.507 e. The Labute approximate surface area is 143 Å². The molecule has 6 heteroatoms. The molecule has 5 nitrogen and oxygen atoms in total. The molecule has 1 heterocycles. The zero-order valence-corrected chi connectivity index (χ0v) is 13.5. The maximum absolute atomic E-state index is 11.8. The van der Waals surface area contributed by atoms with Crippen LogP contribution in [0.4, 0.5) is 0 Å². The Morgan fingerprint density at radius 1 is 1.12 bits per heavy atom. The van der Waals surface area contributed by atoms with Gasteiger partial charge >= 0.3 is 0 Å². The monoisotopic (exact) mass is 337 g/mol. The van der Waals surface area contributed by atoms with E-state index in [0.717, 1.165) is 15.9 Å². The first-order valence-electron chi connectivity index (χ1n) is 7.31. The summed E-state index contributed by atoms with van der Waals surface area (Å²) < 4.78 is 0. The zero-order valence-electron chi connectivity index (χ0n) is 12.7. The van der Waals surface area contributed by atoms with Crippen molar-refractivity contribution in [1.29, 1.82) is 0 Å². The van der Waals surface area contributed by atoms with Gasteiger partial charge in [0, 0.05) is 10.9 Å². The summed E-state index contributed by atoms with van der Waals surface area (Å²) in [5.74, 6) is 0.0931. The Hall–Kier alpha value is -2.86. The second-order valence-electron chi connectivity index (χ2n) is 4.98. The highest BCUT2D eigenvalue weighted by atomic mass is 32.2. The van der Waals surface area contributed by atoms with Crippen molar-refractivity contribution >= 4 is 34.8 Å². The van der Waals surface area contributed by atoms with Crippen molar-refractivity contribution in [1.82, 2.24) is 10.4 Å². The lowest BCUT2D eigenvalue weighted by Gasteiger charge is -2.02. The molecule has 2 N–H and O–H groups in total. The van der Waals surface area contributed by atoms with Gasteiger partial charge in [0.15, 0.2) is 0 Å². The molecule has 0 unspecified atom stereocenters. The number of hydrogen-bond acceptors (Lipinski definition) is 5. The minimum absolute atomic E-state index is 0.116. The number of rotatable bonds is 5. The highest BCUT2D eigenvalue weighted by Gasteiger charge is 2.04. The molecule has 3 rings (SSSR count). The number of hydrazone groups is 1. The van der Waals surface area contributed by atoms with Gasteiger partial charge in [0.2, 0.25) is 5.91 Å². The summed E-state index contributed by atoms with van der Waals surface area (Å²) in [5, 5.41) is 15.3. The van der Waals surface area contributed by atoms with E-state index in [4.69, 9.17) is 0 Å². The second-order valence-corrected chi connectivity index (χ2v) is 5.98. The molecule has 0 aliphatic carbocycles. The molecule has 0 aliphatic rings. The van der Waals surface area contributed by atoms with Crippen LogP contribution in [0.1, 0.15) is 5.56 Å². The number of fused-ring (bicyclic) bond motifs is 1. The van der Waals surface area contributed by atoms with Gasteiger partial charge in [-0.1, -0.05) is 48.2 Å². The Balaban J connectivity index is 1.54. The number of nitrogens with one attached hydrogen (secondary N) is 1. The van der Waals surface area contributed by atoms with E-state index >= 15 is 0 Å². The molecule has 0 bridgehead atoms. The minimum Gasteiger partial charge on any atom is -0.507 e. The Morgan fingerprint density at radius 2 is 1.92 bits per heavy atom. The number of carbonyl (C=O) groups excluding carboxylic acids is 1. The fourth-order valence-electron chi connectivity index (χ4n) is 2.07. The van der Waals surface area contributed by atoms with Crippen molar-refractivity contribution < 1.29 is 9.90 Å². The summed E-state index contributed by atoms with van der Waals surface area (Å²) in [6.45, 7) is 0. The normalized spacial score (nSPS) is 11.0. The van der Waals surface area contributed by atoms with Gasteiger partial charge in [-0.2, -0.15) is 5.10 Å². The van der Waals surface area contributed by atoms with Crippen molar-refractivity contribution in [2.45, 2.75) is 5.03 Å². The minimum atomic E-state index is -0.235. The number of aromatic hydroxyl groups is 1. The number of hydrogen-bond donors (Lipinski definition) is 2. The Bertz CT molecular complexity index is 896. The third-order valence-corrected chi connectivity index (χ3v) is 4.18. The first-order chi connectivity index (χ1) is 11.7. The van der Waals surface area contributed by atoms with Crippen molar-refractivity contribution in [2.24, 2.45) is 5.10 Å². The summed E-state index contributed by atoms with van der Waals surface area (Å²) in [7, 11) is 0. The third-order valence-electron chi connectivity index (χ3n) is 3.25. The average molecular weight is 337 g/mol. The number of nitrogens with zero attached hydrogens (tertiary/aromatic N) is 2. The van der Waals surface area contributed by atoms with E-state index in [1.54, 1.807) is 24.3 Å². The van der Waals surface area contributed by atoms with E-state index in [2.05, 4.69) is 15.5 Å². The first kappa shape index (κ1) is 16.0. The highest BCUT2D eigenvalue weighted by Crippen LogP contribution is 2.19. The predicted octanol–water partition coefficient (Wildman–Crippen LogP) is 3.18. The first-order valence-corrected chi connectivity index (χ1v) is 8.29. The molecule has 0 saturated carbocycles. The van der Waals surface area contributed by atoms with Gasteiger partial charge in [-0.3, -0.25) is 4.79 Å². The van der Waals surface area contributed by atoms with E-state index < -0.39 is 0 Å². The molecule has 0 spiro atoms. The van der Waals surface area contributed by atoms with E-state index in [1.165, 1.54) is 18.0 Å². The Kier molecular flexibility index (Phi) is 5.08.